The fourth-order valence-electron chi connectivity index (χ4n) is 1.87. The molecular formula is C12H17N3O4S. The molecule has 0 spiro atoms. The van der Waals surface area contributed by atoms with Crippen LogP contribution in [-0.2, 0) is 20.7 Å². The number of carboxylic acids is 1. The van der Waals surface area contributed by atoms with Gasteiger partial charge in [-0.15, -0.1) is 11.3 Å². The fraction of sp³-hybridized carbons (Fsp3) is 0.583. The predicted octanol–water partition coefficient (Wildman–Crippen LogP) is 0.431. The number of aliphatic carboxylic acids is 1. The van der Waals surface area contributed by atoms with Gasteiger partial charge in [-0.05, 0) is 0 Å². The molecule has 1 aromatic heterocycles. The van der Waals surface area contributed by atoms with Gasteiger partial charge < -0.3 is 20.1 Å². The molecular weight excluding hydrogens is 282 g/mol. The van der Waals surface area contributed by atoms with E-state index in [0.717, 1.165) is 0 Å². The number of hydrogen-bond donors (Lipinski definition) is 2. The first-order valence-electron chi connectivity index (χ1n) is 6.41. The van der Waals surface area contributed by atoms with Crippen molar-refractivity contribution in [2.24, 2.45) is 0 Å². The zero-order valence-electron chi connectivity index (χ0n) is 11.0. The van der Waals surface area contributed by atoms with Gasteiger partial charge in [0, 0.05) is 31.4 Å². The molecule has 0 saturated carbocycles. The van der Waals surface area contributed by atoms with E-state index in [-0.39, 0.29) is 12.3 Å². The molecule has 2 N–H and O–H groups in total. The van der Waals surface area contributed by atoms with Crippen LogP contribution in [0.4, 0.5) is 5.13 Å². The molecule has 0 radical (unpaired) electrons. The van der Waals surface area contributed by atoms with E-state index in [0.29, 0.717) is 50.1 Å². The lowest BCUT2D eigenvalue weighted by Gasteiger charge is -2.26. The second-order valence-electron chi connectivity index (χ2n) is 4.38. The molecule has 110 valence electrons. The molecule has 7 nitrogen and oxygen atoms in total. The molecule has 20 heavy (non-hydrogen) atoms. The van der Waals surface area contributed by atoms with E-state index < -0.39 is 5.97 Å². The monoisotopic (exact) mass is 299 g/mol. The number of rotatable bonds is 6. The SMILES string of the molecule is O=C(O)Cc1csc(NCCC(=O)N2CCOCC2)n1. The first-order chi connectivity index (χ1) is 9.65. The lowest BCUT2D eigenvalue weighted by Crippen LogP contribution is -2.41. The maximum atomic E-state index is 11.9. The quantitative estimate of drug-likeness (QED) is 0.791. The van der Waals surface area contributed by atoms with E-state index in [2.05, 4.69) is 10.3 Å². The number of hydrogen-bond acceptors (Lipinski definition) is 6. The number of carbonyl (C=O) groups excluding carboxylic acids is 1. The normalized spacial score (nSPS) is 15.1. The number of carbonyl (C=O) groups is 2. The van der Waals surface area contributed by atoms with E-state index >= 15 is 0 Å². The number of nitrogens with one attached hydrogen (secondary N) is 1. The molecule has 0 aliphatic carbocycles. The van der Waals surface area contributed by atoms with Crippen LogP contribution >= 0.6 is 11.3 Å². The van der Waals surface area contributed by atoms with Crippen molar-refractivity contribution < 1.29 is 19.4 Å². The number of aromatic nitrogens is 1. The number of carboxylic acid groups (broad SMARTS) is 1. The summed E-state index contributed by atoms with van der Waals surface area (Å²) in [6, 6.07) is 0. The molecule has 1 fully saturated rings. The zero-order chi connectivity index (χ0) is 14.4. The molecule has 0 bridgehead atoms. The van der Waals surface area contributed by atoms with E-state index in [4.69, 9.17) is 9.84 Å². The number of amides is 1. The van der Waals surface area contributed by atoms with E-state index in [1.54, 1.807) is 10.3 Å². The van der Waals surface area contributed by atoms with E-state index in [9.17, 15) is 9.59 Å². The van der Waals surface area contributed by atoms with E-state index in [1.807, 2.05) is 0 Å². The summed E-state index contributed by atoms with van der Waals surface area (Å²) in [5.41, 5.74) is 0.532. The molecule has 0 aromatic carbocycles. The minimum absolute atomic E-state index is 0.0785. The van der Waals surface area contributed by atoms with Crippen LogP contribution in [0.25, 0.3) is 0 Å². The van der Waals surface area contributed by atoms with Gasteiger partial charge >= 0.3 is 5.97 Å². The van der Waals surface area contributed by atoms with Gasteiger partial charge in [0.15, 0.2) is 5.13 Å². The van der Waals surface area contributed by atoms with Crippen molar-refractivity contribution in [2.45, 2.75) is 12.8 Å². The Kier molecular flexibility index (Phi) is 5.31. The highest BCUT2D eigenvalue weighted by atomic mass is 32.1. The average Bonchev–Trinajstić information content (AvgIpc) is 2.86. The molecule has 1 aliphatic rings. The molecule has 1 saturated heterocycles. The topological polar surface area (TPSA) is 91.8 Å². The third kappa shape index (κ3) is 4.46. The summed E-state index contributed by atoms with van der Waals surface area (Å²) in [6.45, 7) is 3.00. The third-order valence-corrected chi connectivity index (χ3v) is 3.71. The van der Waals surface area contributed by atoms with Crippen molar-refractivity contribution in [2.75, 3.05) is 38.2 Å². The van der Waals surface area contributed by atoms with Crippen LogP contribution < -0.4 is 5.32 Å². The summed E-state index contributed by atoms with van der Waals surface area (Å²) >= 11 is 1.35. The minimum Gasteiger partial charge on any atom is -0.481 e. The maximum Gasteiger partial charge on any atom is 0.309 e. The first kappa shape index (κ1) is 14.7. The second-order valence-corrected chi connectivity index (χ2v) is 5.24. The summed E-state index contributed by atoms with van der Waals surface area (Å²) < 4.78 is 5.19. The second kappa shape index (κ2) is 7.20. The Morgan fingerprint density at radius 2 is 2.20 bits per heavy atom. The smallest absolute Gasteiger partial charge is 0.309 e. The van der Waals surface area contributed by atoms with Gasteiger partial charge in [0.05, 0.1) is 25.3 Å². The van der Waals surface area contributed by atoms with Gasteiger partial charge in [-0.2, -0.15) is 0 Å². The van der Waals surface area contributed by atoms with Gasteiger partial charge in [0.2, 0.25) is 5.91 Å². The Balaban J connectivity index is 1.70. The number of nitrogens with zero attached hydrogens (tertiary/aromatic N) is 2. The molecule has 1 aliphatic heterocycles. The van der Waals surface area contributed by atoms with Crippen LogP contribution in [0.3, 0.4) is 0 Å². The van der Waals surface area contributed by atoms with Crippen molar-refractivity contribution in [3.8, 4) is 0 Å². The average molecular weight is 299 g/mol. The van der Waals surface area contributed by atoms with Crippen LogP contribution in [0.2, 0.25) is 0 Å². The van der Waals surface area contributed by atoms with Crippen LogP contribution in [0.5, 0.6) is 0 Å². The minimum atomic E-state index is -0.899. The van der Waals surface area contributed by atoms with Gasteiger partial charge in [-0.25, -0.2) is 4.98 Å². The maximum absolute atomic E-state index is 11.9. The Morgan fingerprint density at radius 3 is 2.90 bits per heavy atom. The number of morpholine rings is 1. The van der Waals surface area contributed by atoms with Crippen LogP contribution in [0, 0.1) is 0 Å². The zero-order valence-corrected chi connectivity index (χ0v) is 11.8. The first-order valence-corrected chi connectivity index (χ1v) is 7.28. The van der Waals surface area contributed by atoms with Crippen LogP contribution in [-0.4, -0.2) is 59.7 Å². The molecule has 1 aromatic rings. The predicted molar refractivity (Wildman–Crippen MR) is 74.0 cm³/mol. The van der Waals surface area contributed by atoms with Gasteiger partial charge in [0.1, 0.15) is 0 Å². The van der Waals surface area contributed by atoms with Gasteiger partial charge in [0.25, 0.3) is 0 Å². The molecule has 2 heterocycles. The Morgan fingerprint density at radius 1 is 1.45 bits per heavy atom. The number of ether oxygens (including phenoxy) is 1. The summed E-state index contributed by atoms with van der Waals surface area (Å²) in [5.74, 6) is -0.799. The third-order valence-electron chi connectivity index (χ3n) is 2.86. The Hall–Kier alpha value is -1.67. The van der Waals surface area contributed by atoms with Gasteiger partial charge in [-0.1, -0.05) is 0 Å². The highest BCUT2D eigenvalue weighted by molar-refractivity contribution is 7.13. The summed E-state index contributed by atoms with van der Waals surface area (Å²) in [6.07, 6.45) is 0.318. The Labute approximate surface area is 120 Å². The number of thiazole rings is 1. The van der Waals surface area contributed by atoms with Crippen molar-refractivity contribution in [1.29, 1.82) is 0 Å². The lowest BCUT2D eigenvalue weighted by atomic mass is 10.3. The van der Waals surface area contributed by atoms with Crippen LogP contribution in [0.1, 0.15) is 12.1 Å². The molecule has 2 rings (SSSR count). The fourth-order valence-corrected chi connectivity index (χ4v) is 2.61. The van der Waals surface area contributed by atoms with E-state index in [1.165, 1.54) is 11.3 Å². The molecule has 0 unspecified atom stereocenters. The lowest BCUT2D eigenvalue weighted by molar-refractivity contribution is -0.136. The van der Waals surface area contributed by atoms with Crippen molar-refractivity contribution in [3.05, 3.63) is 11.1 Å². The van der Waals surface area contributed by atoms with Crippen molar-refractivity contribution in [1.82, 2.24) is 9.88 Å². The number of anilines is 1. The standard InChI is InChI=1S/C12H17N3O4S/c16-10(15-3-5-19-6-4-15)1-2-13-12-14-9(8-20-12)7-11(17)18/h8H,1-7H2,(H,13,14)(H,17,18). The molecule has 1 amide bonds. The molecule has 8 heteroatoms. The summed E-state index contributed by atoms with van der Waals surface area (Å²) in [7, 11) is 0. The van der Waals surface area contributed by atoms with Crippen molar-refractivity contribution >= 4 is 28.3 Å². The highest BCUT2D eigenvalue weighted by Gasteiger charge is 2.16. The Bertz CT molecular complexity index is 471. The summed E-state index contributed by atoms with van der Waals surface area (Å²) in [5, 5.41) is 14.1. The largest absolute Gasteiger partial charge is 0.481 e. The molecule has 0 atom stereocenters. The highest BCUT2D eigenvalue weighted by Crippen LogP contribution is 2.15. The van der Waals surface area contributed by atoms with Gasteiger partial charge in [-0.3, -0.25) is 9.59 Å². The van der Waals surface area contributed by atoms with Crippen LogP contribution in [0.15, 0.2) is 5.38 Å². The summed E-state index contributed by atoms with van der Waals surface area (Å²) in [4.78, 5) is 28.4. The van der Waals surface area contributed by atoms with Crippen molar-refractivity contribution in [3.63, 3.8) is 0 Å².